The zero-order chi connectivity index (χ0) is 15.7. The average molecular weight is 315 g/mol. The number of halogens is 2. The molecule has 0 saturated carbocycles. The van der Waals surface area contributed by atoms with Crippen molar-refractivity contribution in [2.75, 3.05) is 26.2 Å². The molecule has 3 fully saturated rings. The van der Waals surface area contributed by atoms with Crippen LogP contribution in [0.3, 0.4) is 0 Å². The molecular formula is C15H23F2N3O2. The molecule has 0 spiro atoms. The van der Waals surface area contributed by atoms with Crippen LogP contribution in [0.1, 0.15) is 38.5 Å². The fourth-order valence-electron chi connectivity index (χ4n) is 3.72. The van der Waals surface area contributed by atoms with Crippen LogP contribution < -0.4 is 5.32 Å². The number of carbonyl (C=O) groups is 2. The van der Waals surface area contributed by atoms with Crippen molar-refractivity contribution in [3.8, 4) is 0 Å². The third-order valence-electron chi connectivity index (χ3n) is 4.98. The molecular weight excluding hydrogens is 292 g/mol. The van der Waals surface area contributed by atoms with Crippen molar-refractivity contribution in [3.05, 3.63) is 0 Å². The molecule has 3 aliphatic rings. The van der Waals surface area contributed by atoms with Crippen LogP contribution in [0.25, 0.3) is 0 Å². The van der Waals surface area contributed by atoms with Crippen molar-refractivity contribution in [3.63, 3.8) is 0 Å². The largest absolute Gasteiger partial charge is 0.341 e. The summed E-state index contributed by atoms with van der Waals surface area (Å²) >= 11 is 0. The van der Waals surface area contributed by atoms with Gasteiger partial charge in [0.15, 0.2) is 0 Å². The molecule has 0 aromatic carbocycles. The molecule has 5 nitrogen and oxygen atoms in total. The molecule has 3 heterocycles. The molecule has 0 bridgehead atoms. The highest BCUT2D eigenvalue weighted by atomic mass is 19.3. The molecule has 1 atom stereocenters. The standard InChI is InChI=1S/C15H23F2N3O2/c16-15(17)9-12(18-10-15)14(22)19-7-4-11(5-8-19)20-6-2-1-3-13(20)21/h11-12,18H,1-10H2. The normalized spacial score (nSPS) is 29.9. The SMILES string of the molecule is O=C(C1CC(F)(F)CN1)N1CCC(N2CCCCC2=O)CC1. The van der Waals surface area contributed by atoms with Crippen LogP contribution in [-0.4, -0.2) is 65.8 Å². The number of alkyl halides is 2. The van der Waals surface area contributed by atoms with Crippen LogP contribution in [0.15, 0.2) is 0 Å². The number of hydrogen-bond donors (Lipinski definition) is 1. The van der Waals surface area contributed by atoms with Gasteiger partial charge in [-0.3, -0.25) is 14.9 Å². The molecule has 124 valence electrons. The van der Waals surface area contributed by atoms with E-state index in [1.54, 1.807) is 4.90 Å². The van der Waals surface area contributed by atoms with Gasteiger partial charge in [0.2, 0.25) is 11.8 Å². The number of carbonyl (C=O) groups excluding carboxylic acids is 2. The van der Waals surface area contributed by atoms with E-state index in [1.807, 2.05) is 4.90 Å². The zero-order valence-electron chi connectivity index (χ0n) is 12.7. The number of amides is 2. The first-order valence-corrected chi connectivity index (χ1v) is 8.16. The second-order valence-corrected chi connectivity index (χ2v) is 6.59. The predicted molar refractivity (Wildman–Crippen MR) is 76.5 cm³/mol. The Balaban J connectivity index is 1.51. The summed E-state index contributed by atoms with van der Waals surface area (Å²) in [7, 11) is 0. The maximum atomic E-state index is 13.2. The lowest BCUT2D eigenvalue weighted by molar-refractivity contribution is -0.139. The summed E-state index contributed by atoms with van der Waals surface area (Å²) in [5, 5.41) is 2.62. The second-order valence-electron chi connectivity index (χ2n) is 6.59. The van der Waals surface area contributed by atoms with Gasteiger partial charge in [0.1, 0.15) is 0 Å². The minimum absolute atomic E-state index is 0.204. The number of nitrogens with zero attached hydrogens (tertiary/aromatic N) is 2. The first kappa shape index (κ1) is 15.6. The molecule has 7 heteroatoms. The van der Waals surface area contributed by atoms with E-state index in [2.05, 4.69) is 5.32 Å². The lowest BCUT2D eigenvalue weighted by Crippen LogP contribution is -2.52. The first-order valence-electron chi connectivity index (χ1n) is 8.16. The van der Waals surface area contributed by atoms with E-state index in [0.29, 0.717) is 19.5 Å². The van der Waals surface area contributed by atoms with E-state index in [9.17, 15) is 18.4 Å². The Bertz CT molecular complexity index is 450. The number of rotatable bonds is 2. The van der Waals surface area contributed by atoms with Gasteiger partial charge in [0.25, 0.3) is 5.92 Å². The zero-order valence-corrected chi connectivity index (χ0v) is 12.7. The molecule has 1 N–H and O–H groups in total. The third-order valence-corrected chi connectivity index (χ3v) is 4.98. The summed E-state index contributed by atoms with van der Waals surface area (Å²) in [6.45, 7) is 1.50. The van der Waals surface area contributed by atoms with Gasteiger partial charge in [-0.15, -0.1) is 0 Å². The van der Waals surface area contributed by atoms with Crippen LogP contribution in [0.5, 0.6) is 0 Å². The molecule has 3 aliphatic heterocycles. The second kappa shape index (κ2) is 6.10. The third kappa shape index (κ3) is 3.24. The van der Waals surface area contributed by atoms with Crippen molar-refractivity contribution < 1.29 is 18.4 Å². The highest BCUT2D eigenvalue weighted by Crippen LogP contribution is 2.27. The van der Waals surface area contributed by atoms with E-state index in [1.165, 1.54) is 0 Å². The summed E-state index contributed by atoms with van der Waals surface area (Å²) < 4.78 is 26.4. The Morgan fingerprint density at radius 3 is 2.50 bits per heavy atom. The number of likely N-dealkylation sites (tertiary alicyclic amines) is 2. The molecule has 0 aromatic rings. The Labute approximate surface area is 129 Å². The highest BCUT2D eigenvalue weighted by Gasteiger charge is 2.44. The quantitative estimate of drug-likeness (QED) is 0.827. The van der Waals surface area contributed by atoms with Gasteiger partial charge < -0.3 is 9.80 Å². The van der Waals surface area contributed by atoms with Crippen molar-refractivity contribution in [2.45, 2.75) is 56.5 Å². The average Bonchev–Trinajstić information content (AvgIpc) is 2.87. The highest BCUT2D eigenvalue weighted by molar-refractivity contribution is 5.82. The topological polar surface area (TPSA) is 52.7 Å². The fraction of sp³-hybridized carbons (Fsp3) is 0.867. The van der Waals surface area contributed by atoms with Gasteiger partial charge in [-0.05, 0) is 25.7 Å². The smallest absolute Gasteiger partial charge is 0.262 e. The number of hydrogen-bond acceptors (Lipinski definition) is 3. The monoisotopic (exact) mass is 315 g/mol. The van der Waals surface area contributed by atoms with Crippen LogP contribution in [0.2, 0.25) is 0 Å². The maximum absolute atomic E-state index is 13.2. The van der Waals surface area contributed by atoms with Gasteiger partial charge in [-0.2, -0.15) is 0 Å². The minimum atomic E-state index is -2.78. The lowest BCUT2D eigenvalue weighted by Gasteiger charge is -2.40. The Hall–Kier alpha value is -1.24. The van der Waals surface area contributed by atoms with Gasteiger partial charge in [0, 0.05) is 38.5 Å². The van der Waals surface area contributed by atoms with Gasteiger partial charge in [-0.25, -0.2) is 8.78 Å². The van der Waals surface area contributed by atoms with Gasteiger partial charge in [-0.1, -0.05) is 0 Å². The maximum Gasteiger partial charge on any atom is 0.262 e. The molecule has 22 heavy (non-hydrogen) atoms. The predicted octanol–water partition coefficient (Wildman–Crippen LogP) is 0.987. The Kier molecular flexibility index (Phi) is 4.34. The van der Waals surface area contributed by atoms with E-state index in [-0.39, 0.29) is 17.9 Å². The molecule has 0 aromatic heterocycles. The number of nitrogens with one attached hydrogen (secondary N) is 1. The van der Waals surface area contributed by atoms with E-state index >= 15 is 0 Å². The Morgan fingerprint density at radius 2 is 1.91 bits per heavy atom. The van der Waals surface area contributed by atoms with Gasteiger partial charge >= 0.3 is 0 Å². The minimum Gasteiger partial charge on any atom is -0.341 e. The summed E-state index contributed by atoms with van der Waals surface area (Å²) in [4.78, 5) is 27.8. The van der Waals surface area contributed by atoms with Gasteiger partial charge in [0.05, 0.1) is 12.6 Å². The molecule has 0 aliphatic carbocycles. The van der Waals surface area contributed by atoms with E-state index in [4.69, 9.17) is 0 Å². The summed E-state index contributed by atoms with van der Waals surface area (Å²) in [6.07, 6.45) is 3.73. The fourth-order valence-corrected chi connectivity index (χ4v) is 3.72. The molecule has 0 radical (unpaired) electrons. The van der Waals surface area contributed by atoms with Crippen molar-refractivity contribution in [2.24, 2.45) is 0 Å². The van der Waals surface area contributed by atoms with E-state index < -0.39 is 24.9 Å². The van der Waals surface area contributed by atoms with E-state index in [0.717, 1.165) is 32.2 Å². The Morgan fingerprint density at radius 1 is 1.18 bits per heavy atom. The van der Waals surface area contributed by atoms with Crippen LogP contribution >= 0.6 is 0 Å². The molecule has 2 amide bonds. The van der Waals surface area contributed by atoms with Crippen molar-refractivity contribution in [1.82, 2.24) is 15.1 Å². The summed E-state index contributed by atoms with van der Waals surface area (Å²) in [5.74, 6) is -2.78. The van der Waals surface area contributed by atoms with Crippen LogP contribution in [0, 0.1) is 0 Å². The lowest BCUT2D eigenvalue weighted by atomic mass is 9.99. The van der Waals surface area contributed by atoms with Crippen molar-refractivity contribution in [1.29, 1.82) is 0 Å². The summed E-state index contributed by atoms with van der Waals surface area (Å²) in [6, 6.07) is -0.557. The number of piperidine rings is 2. The first-order chi connectivity index (χ1) is 10.5. The van der Waals surface area contributed by atoms with Crippen LogP contribution in [0.4, 0.5) is 8.78 Å². The molecule has 3 saturated heterocycles. The molecule has 1 unspecified atom stereocenters. The molecule has 3 rings (SSSR count). The van der Waals surface area contributed by atoms with Crippen LogP contribution in [-0.2, 0) is 9.59 Å². The summed E-state index contributed by atoms with van der Waals surface area (Å²) in [5.41, 5.74) is 0. The van der Waals surface area contributed by atoms with Crippen molar-refractivity contribution >= 4 is 11.8 Å².